The summed E-state index contributed by atoms with van der Waals surface area (Å²) in [6, 6.07) is 14.9. The van der Waals surface area contributed by atoms with Crippen LogP contribution in [0.25, 0.3) is 16.6 Å². The number of carbonyl (C=O) groups is 2. The number of nitrogens with zero attached hydrogens (tertiary/aromatic N) is 2. The number of hydrogen-bond acceptors (Lipinski definition) is 9. The molecule has 0 bridgehead atoms. The first kappa shape index (κ1) is 27.6. The van der Waals surface area contributed by atoms with Crippen LogP contribution in [0.5, 0.6) is 23.0 Å². The van der Waals surface area contributed by atoms with Gasteiger partial charge in [0.15, 0.2) is 17.3 Å². The van der Waals surface area contributed by atoms with E-state index in [0.29, 0.717) is 50.7 Å². The predicted molar refractivity (Wildman–Crippen MR) is 148 cm³/mol. The fraction of sp³-hybridized carbons (Fsp3) is 0.241. The van der Waals surface area contributed by atoms with Crippen molar-refractivity contribution < 1.29 is 33.6 Å². The lowest BCUT2D eigenvalue weighted by Gasteiger charge is -2.19. The Morgan fingerprint density at radius 2 is 1.51 bits per heavy atom. The third-order valence-electron chi connectivity index (χ3n) is 5.93. The van der Waals surface area contributed by atoms with Crippen molar-refractivity contribution in [3.8, 4) is 23.0 Å². The zero-order valence-corrected chi connectivity index (χ0v) is 23.0. The Bertz CT molecular complexity index is 1540. The van der Waals surface area contributed by atoms with Crippen LogP contribution in [-0.2, 0) is 11.2 Å². The highest BCUT2D eigenvalue weighted by molar-refractivity contribution is 7.00. The molecule has 39 heavy (non-hydrogen) atoms. The van der Waals surface area contributed by atoms with Crippen molar-refractivity contribution >= 4 is 40.1 Å². The van der Waals surface area contributed by atoms with Gasteiger partial charge in [-0.1, -0.05) is 6.07 Å². The number of carboxylic acid groups (broad SMARTS) is 1. The highest BCUT2D eigenvalue weighted by Gasteiger charge is 2.26. The molecule has 1 N–H and O–H groups in total. The van der Waals surface area contributed by atoms with E-state index in [4.69, 9.17) is 18.9 Å². The lowest BCUT2D eigenvalue weighted by Crippen LogP contribution is -2.14. The van der Waals surface area contributed by atoms with E-state index in [-0.39, 0.29) is 23.7 Å². The second-order valence-electron chi connectivity index (χ2n) is 8.86. The summed E-state index contributed by atoms with van der Waals surface area (Å²) in [7, 11) is 4.54. The summed E-state index contributed by atoms with van der Waals surface area (Å²) in [5.74, 6) is 0.120. The number of rotatable bonds is 11. The number of fused-ring (bicyclic) bond motifs is 1. The van der Waals surface area contributed by atoms with Gasteiger partial charge in [-0.15, -0.1) is 0 Å². The van der Waals surface area contributed by atoms with Crippen LogP contribution >= 0.6 is 11.7 Å². The fourth-order valence-electron chi connectivity index (χ4n) is 4.19. The number of allylic oxidation sites excluding steroid dienone is 1. The highest BCUT2D eigenvalue weighted by Crippen LogP contribution is 2.40. The quantitative estimate of drug-likeness (QED) is 0.192. The zero-order chi connectivity index (χ0) is 28.1. The van der Waals surface area contributed by atoms with Gasteiger partial charge < -0.3 is 24.1 Å². The zero-order valence-electron chi connectivity index (χ0n) is 22.2. The maximum Gasteiger partial charge on any atom is 0.336 e. The number of carbonyl (C=O) groups excluding carboxylic acids is 1. The fourth-order valence-corrected chi connectivity index (χ4v) is 4.71. The summed E-state index contributed by atoms with van der Waals surface area (Å²) in [5.41, 5.74) is 2.41. The molecule has 4 rings (SSSR count). The van der Waals surface area contributed by atoms with Gasteiger partial charge in [-0.05, 0) is 73.5 Å². The van der Waals surface area contributed by atoms with Gasteiger partial charge in [0.1, 0.15) is 16.8 Å². The van der Waals surface area contributed by atoms with E-state index < -0.39 is 11.8 Å². The summed E-state index contributed by atoms with van der Waals surface area (Å²) in [6.07, 6.45) is -0.183. The molecule has 0 saturated heterocycles. The summed E-state index contributed by atoms with van der Waals surface area (Å²) >= 11 is 1.03. The van der Waals surface area contributed by atoms with E-state index in [1.807, 2.05) is 13.8 Å². The number of ether oxygens (including phenoxy) is 4. The van der Waals surface area contributed by atoms with Crippen molar-refractivity contribution in [2.45, 2.75) is 26.4 Å². The minimum absolute atomic E-state index is 0.0192. The molecule has 0 radical (unpaired) electrons. The van der Waals surface area contributed by atoms with Gasteiger partial charge in [-0.3, -0.25) is 4.79 Å². The smallest absolute Gasteiger partial charge is 0.336 e. The van der Waals surface area contributed by atoms with E-state index in [0.717, 1.165) is 11.7 Å². The van der Waals surface area contributed by atoms with Crippen molar-refractivity contribution in [3.05, 3.63) is 76.9 Å². The molecule has 0 atom stereocenters. The number of hydrogen-bond donors (Lipinski definition) is 1. The minimum atomic E-state index is -1.24. The van der Waals surface area contributed by atoms with Crippen molar-refractivity contribution in [2.75, 3.05) is 21.3 Å². The van der Waals surface area contributed by atoms with Crippen LogP contribution in [0.2, 0.25) is 0 Å². The molecule has 4 aromatic rings. The summed E-state index contributed by atoms with van der Waals surface area (Å²) < 4.78 is 30.6. The van der Waals surface area contributed by atoms with Gasteiger partial charge in [0.2, 0.25) is 5.75 Å². The second-order valence-corrected chi connectivity index (χ2v) is 9.39. The van der Waals surface area contributed by atoms with Gasteiger partial charge >= 0.3 is 5.97 Å². The Labute approximate surface area is 229 Å². The van der Waals surface area contributed by atoms with Crippen LogP contribution in [0.15, 0.2) is 60.2 Å². The summed E-state index contributed by atoms with van der Waals surface area (Å²) in [6.45, 7) is 3.76. The second kappa shape index (κ2) is 12.0. The van der Waals surface area contributed by atoms with Crippen LogP contribution in [0, 0.1) is 0 Å². The summed E-state index contributed by atoms with van der Waals surface area (Å²) in [4.78, 5) is 26.7. The highest BCUT2D eigenvalue weighted by atomic mass is 32.1. The molecule has 1 heterocycles. The average Bonchev–Trinajstić information content (AvgIpc) is 3.39. The van der Waals surface area contributed by atoms with E-state index in [1.54, 1.807) is 54.6 Å². The number of aliphatic carboxylic acids is 1. The molecule has 202 valence electrons. The molecular formula is C29H28N2O7S. The molecular weight excluding hydrogens is 520 g/mol. The maximum absolute atomic E-state index is 13.9. The molecule has 0 aliphatic carbocycles. The molecule has 0 unspecified atom stereocenters. The van der Waals surface area contributed by atoms with Gasteiger partial charge in [-0.2, -0.15) is 8.75 Å². The number of Topliss-reactive ketones (excluding diaryl/α,β-unsaturated/α-hetero) is 1. The van der Waals surface area contributed by atoms with Crippen LogP contribution in [0.1, 0.15) is 35.3 Å². The molecule has 9 nitrogen and oxygen atoms in total. The van der Waals surface area contributed by atoms with Gasteiger partial charge in [0.05, 0.1) is 44.7 Å². The van der Waals surface area contributed by atoms with E-state index in [2.05, 4.69) is 8.75 Å². The number of aromatic nitrogens is 2. The van der Waals surface area contributed by atoms with Gasteiger partial charge in [0.25, 0.3) is 0 Å². The first-order valence-electron chi connectivity index (χ1n) is 12.0. The summed E-state index contributed by atoms with van der Waals surface area (Å²) in [5, 5.41) is 10.4. The predicted octanol–water partition coefficient (Wildman–Crippen LogP) is 5.47. The molecule has 0 saturated carbocycles. The van der Waals surface area contributed by atoms with Crippen LogP contribution in [0.4, 0.5) is 0 Å². The standard InChI is InChI=1S/C29H28N2O7S/c1-16(2)38-25-14-17(13-24(36-4)28(25)37-5)12-21(27(32)18-6-9-20(35-3)10-7-18)26(29(33)34)19-8-11-22-23(15-19)31-39-30-22/h6-11,13-16H,12H2,1-5H3,(H,33,34). The SMILES string of the molecule is COc1ccc(C(=O)C(Cc2cc(OC)c(OC)c(OC(C)C)c2)=C(C(=O)O)c2ccc3nsnc3c2)cc1. The lowest BCUT2D eigenvalue weighted by molar-refractivity contribution is -0.130. The normalized spacial score (nSPS) is 11.7. The topological polar surface area (TPSA) is 117 Å². The molecule has 0 aliphatic heterocycles. The number of ketones is 1. The van der Waals surface area contributed by atoms with Crippen LogP contribution < -0.4 is 18.9 Å². The molecule has 0 fully saturated rings. The van der Waals surface area contributed by atoms with E-state index in [1.165, 1.54) is 21.3 Å². The van der Waals surface area contributed by atoms with E-state index in [9.17, 15) is 14.7 Å². The Morgan fingerprint density at radius 3 is 2.13 bits per heavy atom. The first-order chi connectivity index (χ1) is 18.7. The minimum Gasteiger partial charge on any atom is -0.497 e. The Morgan fingerprint density at radius 1 is 0.846 bits per heavy atom. The van der Waals surface area contributed by atoms with Gasteiger partial charge in [-0.25, -0.2) is 4.79 Å². The maximum atomic E-state index is 13.9. The number of benzene rings is 3. The molecule has 10 heteroatoms. The van der Waals surface area contributed by atoms with Crippen molar-refractivity contribution in [3.63, 3.8) is 0 Å². The van der Waals surface area contributed by atoms with Crippen LogP contribution in [-0.4, -0.2) is 53.0 Å². The Balaban J connectivity index is 1.93. The van der Waals surface area contributed by atoms with Gasteiger partial charge in [0, 0.05) is 17.6 Å². The molecule has 0 amide bonds. The average molecular weight is 549 g/mol. The largest absolute Gasteiger partial charge is 0.497 e. The molecule has 3 aromatic carbocycles. The Kier molecular flexibility index (Phi) is 8.46. The van der Waals surface area contributed by atoms with E-state index >= 15 is 0 Å². The van der Waals surface area contributed by atoms with Crippen molar-refractivity contribution in [1.82, 2.24) is 8.75 Å². The third kappa shape index (κ3) is 6.01. The number of carboxylic acids is 1. The number of methoxy groups -OCH3 is 3. The Hall–Kier alpha value is -4.44. The first-order valence-corrected chi connectivity index (χ1v) is 12.8. The van der Waals surface area contributed by atoms with Crippen molar-refractivity contribution in [1.29, 1.82) is 0 Å². The molecule has 1 aromatic heterocycles. The van der Waals surface area contributed by atoms with Crippen LogP contribution in [0.3, 0.4) is 0 Å². The monoisotopic (exact) mass is 548 g/mol. The lowest BCUT2D eigenvalue weighted by atomic mass is 9.89. The molecule has 0 spiro atoms. The third-order valence-corrected chi connectivity index (χ3v) is 6.49. The molecule has 0 aliphatic rings. The van der Waals surface area contributed by atoms with Crippen molar-refractivity contribution in [2.24, 2.45) is 0 Å².